The number of nitrogens with zero attached hydrogens (tertiary/aromatic N) is 3. The lowest BCUT2D eigenvalue weighted by Gasteiger charge is -2.20. The average Bonchev–Trinajstić information content (AvgIpc) is 3.04. The number of aromatic nitrogens is 1. The molecule has 1 atom stereocenters. The number of thiazole rings is 1. The normalized spacial score (nSPS) is 19.6. The lowest BCUT2D eigenvalue weighted by Crippen LogP contribution is -2.27. The fourth-order valence-corrected chi connectivity index (χ4v) is 3.43. The molecule has 2 heterocycles. The molecule has 1 aromatic rings. The first-order chi connectivity index (χ1) is 9.69. The van der Waals surface area contributed by atoms with Gasteiger partial charge in [-0.15, -0.1) is 11.3 Å². The highest BCUT2D eigenvalue weighted by Gasteiger charge is 2.21. The first-order valence-electron chi connectivity index (χ1n) is 7.23. The van der Waals surface area contributed by atoms with Gasteiger partial charge in [0, 0.05) is 51.4 Å². The van der Waals surface area contributed by atoms with Crippen molar-refractivity contribution in [1.29, 1.82) is 0 Å². The first-order valence-corrected chi connectivity index (χ1v) is 8.04. The molecule has 0 amide bonds. The summed E-state index contributed by atoms with van der Waals surface area (Å²) in [5.74, 6) is 0.775. The van der Waals surface area contributed by atoms with Crippen molar-refractivity contribution in [3.8, 4) is 0 Å². The molecular formula is C14H26N4OS. The highest BCUT2D eigenvalue weighted by atomic mass is 32.1. The molecule has 1 unspecified atom stereocenters. The van der Waals surface area contributed by atoms with Crippen LogP contribution in [0.15, 0.2) is 6.20 Å². The van der Waals surface area contributed by atoms with Gasteiger partial charge in [-0.25, -0.2) is 4.98 Å². The van der Waals surface area contributed by atoms with E-state index in [-0.39, 0.29) is 0 Å². The monoisotopic (exact) mass is 298 g/mol. The van der Waals surface area contributed by atoms with Crippen molar-refractivity contribution in [2.24, 2.45) is 5.92 Å². The van der Waals surface area contributed by atoms with Crippen molar-refractivity contribution in [3.63, 3.8) is 0 Å². The molecule has 6 heteroatoms. The summed E-state index contributed by atoms with van der Waals surface area (Å²) in [6.45, 7) is 6.05. The summed E-state index contributed by atoms with van der Waals surface area (Å²) < 4.78 is 5.02. The number of ether oxygens (including phenoxy) is 1. The quantitative estimate of drug-likeness (QED) is 0.732. The van der Waals surface area contributed by atoms with E-state index < -0.39 is 0 Å². The summed E-state index contributed by atoms with van der Waals surface area (Å²) in [6.07, 6.45) is 3.29. The van der Waals surface area contributed by atoms with E-state index in [0.717, 1.165) is 37.3 Å². The van der Waals surface area contributed by atoms with Gasteiger partial charge in [0.1, 0.15) is 0 Å². The fraction of sp³-hybridized carbons (Fsp3) is 0.786. The predicted molar refractivity (Wildman–Crippen MR) is 84.6 cm³/mol. The molecule has 20 heavy (non-hydrogen) atoms. The first kappa shape index (κ1) is 15.7. The maximum atomic E-state index is 5.02. The number of rotatable bonds is 8. The number of likely N-dealkylation sites (tertiary alicyclic amines) is 1. The van der Waals surface area contributed by atoms with Gasteiger partial charge in [0.25, 0.3) is 0 Å². The lowest BCUT2D eigenvalue weighted by atomic mass is 10.1. The highest BCUT2D eigenvalue weighted by Crippen LogP contribution is 2.24. The van der Waals surface area contributed by atoms with Crippen molar-refractivity contribution in [3.05, 3.63) is 11.1 Å². The molecule has 0 bridgehead atoms. The molecule has 1 aliphatic rings. The Labute approximate surface area is 125 Å². The maximum absolute atomic E-state index is 5.02. The van der Waals surface area contributed by atoms with E-state index in [2.05, 4.69) is 34.2 Å². The highest BCUT2D eigenvalue weighted by molar-refractivity contribution is 7.15. The van der Waals surface area contributed by atoms with Crippen LogP contribution in [0, 0.1) is 5.92 Å². The second kappa shape index (κ2) is 7.93. The zero-order valence-corrected chi connectivity index (χ0v) is 13.6. The van der Waals surface area contributed by atoms with E-state index in [1.54, 1.807) is 18.4 Å². The van der Waals surface area contributed by atoms with Gasteiger partial charge in [-0.2, -0.15) is 0 Å². The number of anilines is 1. The van der Waals surface area contributed by atoms with Gasteiger partial charge in [-0.1, -0.05) is 0 Å². The van der Waals surface area contributed by atoms with Crippen LogP contribution >= 0.6 is 11.3 Å². The topological polar surface area (TPSA) is 40.6 Å². The fourth-order valence-electron chi connectivity index (χ4n) is 2.58. The molecule has 2 rings (SSSR count). The van der Waals surface area contributed by atoms with Crippen LogP contribution in [-0.2, 0) is 11.3 Å². The van der Waals surface area contributed by atoms with Crippen LogP contribution in [0.1, 0.15) is 11.3 Å². The van der Waals surface area contributed by atoms with Crippen LogP contribution in [0.5, 0.6) is 0 Å². The Balaban J connectivity index is 1.75. The molecule has 114 valence electrons. The van der Waals surface area contributed by atoms with Gasteiger partial charge in [0.05, 0.1) is 6.61 Å². The van der Waals surface area contributed by atoms with Gasteiger partial charge < -0.3 is 19.9 Å². The Kier molecular flexibility index (Phi) is 6.22. The third kappa shape index (κ3) is 4.70. The third-order valence-electron chi connectivity index (χ3n) is 3.67. The van der Waals surface area contributed by atoms with Crippen molar-refractivity contribution < 1.29 is 4.74 Å². The summed E-state index contributed by atoms with van der Waals surface area (Å²) in [6, 6.07) is 0. The molecule has 0 saturated carbocycles. The number of nitrogens with one attached hydrogen (secondary N) is 1. The molecule has 1 saturated heterocycles. The SMILES string of the molecule is COCCNCc1cnc(N(C)CC2CCN(C)C2)s1. The molecule has 1 aliphatic heterocycles. The van der Waals surface area contributed by atoms with Crippen LogP contribution in [0.4, 0.5) is 5.13 Å². The Hall–Kier alpha value is -0.690. The molecule has 1 fully saturated rings. The lowest BCUT2D eigenvalue weighted by molar-refractivity contribution is 0.199. The maximum Gasteiger partial charge on any atom is 0.185 e. The van der Waals surface area contributed by atoms with E-state index in [1.807, 2.05) is 6.20 Å². The Morgan fingerprint density at radius 3 is 3.15 bits per heavy atom. The second-order valence-electron chi connectivity index (χ2n) is 5.58. The standard InChI is InChI=1S/C14H26N4OS/c1-17-6-4-12(10-17)11-18(2)14-16-9-13(20-14)8-15-5-7-19-3/h9,12,15H,4-8,10-11H2,1-3H3. The molecular weight excluding hydrogens is 272 g/mol. The second-order valence-corrected chi connectivity index (χ2v) is 6.67. The average molecular weight is 298 g/mol. The van der Waals surface area contributed by atoms with Crippen molar-refractivity contribution >= 4 is 16.5 Å². The van der Waals surface area contributed by atoms with Crippen molar-refractivity contribution in [2.45, 2.75) is 13.0 Å². The largest absolute Gasteiger partial charge is 0.383 e. The van der Waals surface area contributed by atoms with Crippen LogP contribution < -0.4 is 10.2 Å². The van der Waals surface area contributed by atoms with Gasteiger partial charge in [0.15, 0.2) is 5.13 Å². The van der Waals surface area contributed by atoms with Crippen molar-refractivity contribution in [2.75, 3.05) is 58.9 Å². The number of methoxy groups -OCH3 is 1. The minimum absolute atomic E-state index is 0.751. The molecule has 5 nitrogen and oxygen atoms in total. The van der Waals surface area contributed by atoms with Crippen LogP contribution in [0.25, 0.3) is 0 Å². The molecule has 0 aliphatic carbocycles. The summed E-state index contributed by atoms with van der Waals surface area (Å²) in [7, 11) is 6.08. The minimum atomic E-state index is 0.751. The number of hydrogen-bond acceptors (Lipinski definition) is 6. The van der Waals surface area contributed by atoms with E-state index in [1.165, 1.54) is 24.4 Å². The molecule has 0 aromatic carbocycles. The van der Waals surface area contributed by atoms with E-state index in [0.29, 0.717) is 0 Å². The Morgan fingerprint density at radius 1 is 1.60 bits per heavy atom. The predicted octanol–water partition coefficient (Wildman–Crippen LogP) is 1.27. The van der Waals surface area contributed by atoms with Crippen LogP contribution in [0.3, 0.4) is 0 Å². The van der Waals surface area contributed by atoms with E-state index in [4.69, 9.17) is 4.74 Å². The summed E-state index contributed by atoms with van der Waals surface area (Å²) >= 11 is 1.78. The third-order valence-corrected chi connectivity index (χ3v) is 4.78. The van der Waals surface area contributed by atoms with Crippen LogP contribution in [-0.4, -0.2) is 63.9 Å². The van der Waals surface area contributed by atoms with Gasteiger partial charge in [0.2, 0.25) is 0 Å². The summed E-state index contributed by atoms with van der Waals surface area (Å²) in [5, 5.41) is 4.48. The van der Waals surface area contributed by atoms with E-state index >= 15 is 0 Å². The summed E-state index contributed by atoms with van der Waals surface area (Å²) in [5.41, 5.74) is 0. The summed E-state index contributed by atoms with van der Waals surface area (Å²) in [4.78, 5) is 10.5. The molecule has 1 aromatic heterocycles. The molecule has 0 radical (unpaired) electrons. The van der Waals surface area contributed by atoms with Crippen LogP contribution in [0.2, 0.25) is 0 Å². The molecule has 0 spiro atoms. The van der Waals surface area contributed by atoms with Gasteiger partial charge in [-0.3, -0.25) is 0 Å². The zero-order chi connectivity index (χ0) is 14.4. The van der Waals surface area contributed by atoms with E-state index in [9.17, 15) is 0 Å². The van der Waals surface area contributed by atoms with Gasteiger partial charge in [-0.05, 0) is 25.9 Å². The van der Waals surface area contributed by atoms with Gasteiger partial charge >= 0.3 is 0 Å². The smallest absolute Gasteiger partial charge is 0.185 e. The molecule has 1 N–H and O–H groups in total. The Bertz CT molecular complexity index is 398. The minimum Gasteiger partial charge on any atom is -0.383 e. The van der Waals surface area contributed by atoms with Crippen molar-refractivity contribution in [1.82, 2.24) is 15.2 Å². The number of hydrogen-bond donors (Lipinski definition) is 1. The Morgan fingerprint density at radius 2 is 2.45 bits per heavy atom. The zero-order valence-electron chi connectivity index (χ0n) is 12.8.